The third kappa shape index (κ3) is 3.00. The quantitative estimate of drug-likeness (QED) is 0.862. The first kappa shape index (κ1) is 16.8. The lowest BCUT2D eigenvalue weighted by Gasteiger charge is -2.31. The van der Waals surface area contributed by atoms with E-state index in [1.54, 1.807) is 0 Å². The molecule has 1 aliphatic carbocycles. The number of benzene rings is 2. The Morgan fingerprint density at radius 1 is 1.00 bits per heavy atom. The van der Waals surface area contributed by atoms with Crippen molar-refractivity contribution in [3.63, 3.8) is 0 Å². The van der Waals surface area contributed by atoms with E-state index in [9.17, 15) is 9.59 Å². The van der Waals surface area contributed by atoms with E-state index in [0.29, 0.717) is 25.9 Å². The maximum absolute atomic E-state index is 13.1. The molecule has 1 saturated carbocycles. The Hall–Kier alpha value is -2.62. The highest BCUT2D eigenvalue weighted by Gasteiger charge is 2.58. The van der Waals surface area contributed by atoms with Gasteiger partial charge in [0.15, 0.2) is 0 Å². The Bertz CT molecular complexity index is 863. The minimum atomic E-state index is -0.871. The van der Waals surface area contributed by atoms with Crippen molar-refractivity contribution in [3.8, 4) is 0 Å². The van der Waals surface area contributed by atoms with Crippen LogP contribution >= 0.6 is 0 Å². The molecule has 0 radical (unpaired) electrons. The highest BCUT2D eigenvalue weighted by Crippen LogP contribution is 2.48. The average molecular weight is 348 g/mol. The number of hydrogen-bond donors (Lipinski definition) is 1. The normalized spacial score (nSPS) is 17.4. The van der Waals surface area contributed by atoms with Crippen molar-refractivity contribution >= 4 is 17.5 Å². The van der Waals surface area contributed by atoms with Crippen molar-refractivity contribution in [2.75, 3.05) is 11.9 Å². The zero-order valence-corrected chi connectivity index (χ0v) is 15.3. The standard InChI is InChI=1S/C22H24N2O2/c1-15-11-16(2)13-19(12-15)23-20(25)22(8-9-22)21(26)24-10-7-17-5-3-4-6-18(17)14-24/h3-6,11-13H,7-10,14H2,1-2H3,(H,23,25). The molecular formula is C22H24N2O2. The van der Waals surface area contributed by atoms with Crippen LogP contribution in [-0.2, 0) is 22.6 Å². The molecule has 2 amide bonds. The predicted octanol–water partition coefficient (Wildman–Crippen LogP) is 3.61. The summed E-state index contributed by atoms with van der Waals surface area (Å²) in [6.45, 7) is 5.31. The smallest absolute Gasteiger partial charge is 0.240 e. The van der Waals surface area contributed by atoms with Gasteiger partial charge in [-0.2, -0.15) is 0 Å². The third-order valence-electron chi connectivity index (χ3n) is 5.49. The Balaban J connectivity index is 1.50. The Morgan fingerprint density at radius 3 is 2.31 bits per heavy atom. The Labute approximate surface area is 154 Å². The average Bonchev–Trinajstić information content (AvgIpc) is 3.42. The molecule has 0 bridgehead atoms. The second kappa shape index (κ2) is 6.27. The topological polar surface area (TPSA) is 49.4 Å². The van der Waals surface area contributed by atoms with Crippen molar-refractivity contribution in [3.05, 3.63) is 64.7 Å². The molecule has 1 N–H and O–H groups in total. The van der Waals surface area contributed by atoms with Crippen LogP contribution in [0.25, 0.3) is 0 Å². The monoisotopic (exact) mass is 348 g/mol. The highest BCUT2D eigenvalue weighted by molar-refractivity contribution is 6.13. The van der Waals surface area contributed by atoms with Crippen LogP contribution in [0, 0.1) is 19.3 Å². The van der Waals surface area contributed by atoms with E-state index in [-0.39, 0.29) is 11.8 Å². The predicted molar refractivity (Wildman–Crippen MR) is 102 cm³/mol. The van der Waals surface area contributed by atoms with E-state index in [1.807, 2.05) is 43.0 Å². The van der Waals surface area contributed by atoms with Crippen LogP contribution in [0.4, 0.5) is 5.69 Å². The molecule has 134 valence electrons. The van der Waals surface area contributed by atoms with E-state index >= 15 is 0 Å². The first-order valence-electron chi connectivity index (χ1n) is 9.24. The van der Waals surface area contributed by atoms with Crippen LogP contribution in [0.1, 0.15) is 35.1 Å². The number of aryl methyl sites for hydroxylation is 2. The summed E-state index contributed by atoms with van der Waals surface area (Å²) in [5, 5.41) is 2.98. The molecule has 4 rings (SSSR count). The van der Waals surface area contributed by atoms with Crippen LogP contribution in [0.5, 0.6) is 0 Å². The molecule has 4 nitrogen and oxygen atoms in total. The Morgan fingerprint density at radius 2 is 1.65 bits per heavy atom. The second-order valence-corrected chi connectivity index (χ2v) is 7.66. The molecule has 0 aromatic heterocycles. The first-order valence-corrected chi connectivity index (χ1v) is 9.24. The molecule has 0 spiro atoms. The van der Waals surface area contributed by atoms with Gasteiger partial charge in [-0.25, -0.2) is 0 Å². The number of anilines is 1. The van der Waals surface area contributed by atoms with Crippen LogP contribution < -0.4 is 5.32 Å². The highest BCUT2D eigenvalue weighted by atomic mass is 16.2. The lowest BCUT2D eigenvalue weighted by molar-refractivity contribution is -0.143. The Kier molecular flexibility index (Phi) is 4.06. The summed E-state index contributed by atoms with van der Waals surface area (Å²) in [5.41, 5.74) is 4.60. The molecule has 1 heterocycles. The maximum atomic E-state index is 13.1. The van der Waals surface area contributed by atoms with Gasteiger partial charge in [-0.3, -0.25) is 9.59 Å². The van der Waals surface area contributed by atoms with E-state index in [1.165, 1.54) is 11.1 Å². The number of amides is 2. The number of nitrogens with zero attached hydrogens (tertiary/aromatic N) is 1. The number of fused-ring (bicyclic) bond motifs is 1. The fourth-order valence-corrected chi connectivity index (χ4v) is 3.93. The molecule has 0 saturated heterocycles. The molecule has 26 heavy (non-hydrogen) atoms. The molecule has 1 aliphatic heterocycles. The van der Waals surface area contributed by atoms with Gasteiger partial charge in [0.25, 0.3) is 0 Å². The number of nitrogens with one attached hydrogen (secondary N) is 1. The zero-order chi connectivity index (χ0) is 18.3. The summed E-state index contributed by atoms with van der Waals surface area (Å²) in [6.07, 6.45) is 2.14. The first-order chi connectivity index (χ1) is 12.5. The van der Waals surface area contributed by atoms with Gasteiger partial charge in [-0.15, -0.1) is 0 Å². The maximum Gasteiger partial charge on any atom is 0.240 e. The summed E-state index contributed by atoms with van der Waals surface area (Å²) in [7, 11) is 0. The fourth-order valence-electron chi connectivity index (χ4n) is 3.93. The van der Waals surface area contributed by atoms with Gasteiger partial charge in [0.1, 0.15) is 5.41 Å². The molecule has 4 heteroatoms. The van der Waals surface area contributed by atoms with Crippen molar-refractivity contribution in [2.45, 2.75) is 39.7 Å². The van der Waals surface area contributed by atoms with Crippen molar-refractivity contribution < 1.29 is 9.59 Å². The molecule has 1 fully saturated rings. The summed E-state index contributed by atoms with van der Waals surface area (Å²) in [4.78, 5) is 27.9. The molecule has 0 unspecified atom stereocenters. The van der Waals surface area contributed by atoms with Gasteiger partial charge in [0.2, 0.25) is 11.8 Å². The number of carbonyl (C=O) groups excluding carboxylic acids is 2. The zero-order valence-electron chi connectivity index (χ0n) is 15.3. The number of rotatable bonds is 3. The van der Waals surface area contributed by atoms with Crippen molar-refractivity contribution in [1.82, 2.24) is 4.90 Å². The van der Waals surface area contributed by atoms with Crippen LogP contribution in [-0.4, -0.2) is 23.3 Å². The van der Waals surface area contributed by atoms with Gasteiger partial charge in [-0.1, -0.05) is 30.3 Å². The van der Waals surface area contributed by atoms with E-state index < -0.39 is 5.41 Å². The van der Waals surface area contributed by atoms with Gasteiger partial charge in [-0.05, 0) is 67.5 Å². The fraction of sp³-hybridized carbons (Fsp3) is 0.364. The lowest BCUT2D eigenvalue weighted by Crippen LogP contribution is -2.45. The minimum absolute atomic E-state index is 0.0196. The van der Waals surface area contributed by atoms with Crippen LogP contribution in [0.15, 0.2) is 42.5 Å². The molecule has 0 atom stereocenters. The SMILES string of the molecule is Cc1cc(C)cc(NC(=O)C2(C(=O)N3CCc4ccccc4C3)CC2)c1. The van der Waals surface area contributed by atoms with Crippen molar-refractivity contribution in [1.29, 1.82) is 0 Å². The molecular weight excluding hydrogens is 324 g/mol. The summed E-state index contributed by atoms with van der Waals surface area (Å²) in [5.74, 6) is -0.180. The van der Waals surface area contributed by atoms with Gasteiger partial charge < -0.3 is 10.2 Å². The van der Waals surface area contributed by atoms with Crippen LogP contribution in [0.3, 0.4) is 0 Å². The van der Waals surface area contributed by atoms with Gasteiger partial charge in [0, 0.05) is 18.8 Å². The minimum Gasteiger partial charge on any atom is -0.337 e. The van der Waals surface area contributed by atoms with E-state index in [2.05, 4.69) is 23.5 Å². The third-order valence-corrected chi connectivity index (χ3v) is 5.49. The summed E-state index contributed by atoms with van der Waals surface area (Å²) < 4.78 is 0. The van der Waals surface area contributed by atoms with Crippen molar-refractivity contribution in [2.24, 2.45) is 5.41 Å². The lowest BCUT2D eigenvalue weighted by atomic mass is 9.97. The van der Waals surface area contributed by atoms with E-state index in [0.717, 1.165) is 23.2 Å². The van der Waals surface area contributed by atoms with Gasteiger partial charge >= 0.3 is 0 Å². The summed E-state index contributed by atoms with van der Waals surface area (Å²) >= 11 is 0. The second-order valence-electron chi connectivity index (χ2n) is 7.66. The molecule has 2 aliphatic rings. The number of hydrogen-bond acceptors (Lipinski definition) is 2. The summed E-state index contributed by atoms with van der Waals surface area (Å²) in [6, 6.07) is 14.2. The van der Waals surface area contributed by atoms with Gasteiger partial charge in [0.05, 0.1) is 0 Å². The van der Waals surface area contributed by atoms with Crippen LogP contribution in [0.2, 0.25) is 0 Å². The van der Waals surface area contributed by atoms with E-state index in [4.69, 9.17) is 0 Å². The largest absolute Gasteiger partial charge is 0.337 e. The molecule has 2 aromatic carbocycles. The number of carbonyl (C=O) groups is 2. The molecule has 2 aromatic rings.